The first kappa shape index (κ1) is 31.2. The predicted molar refractivity (Wildman–Crippen MR) is 161 cm³/mol. The van der Waals surface area contributed by atoms with Gasteiger partial charge in [0.05, 0.1) is 10.6 Å². The van der Waals surface area contributed by atoms with Crippen molar-refractivity contribution in [3.05, 3.63) is 94.5 Å². The highest BCUT2D eigenvalue weighted by molar-refractivity contribution is 7.92. The molecule has 0 unspecified atom stereocenters. The Bertz CT molecular complexity index is 1390. The molecule has 3 aromatic carbocycles. The maximum absolute atomic E-state index is 14.1. The minimum absolute atomic E-state index is 0.0145. The van der Waals surface area contributed by atoms with Crippen molar-refractivity contribution < 1.29 is 18.0 Å². The number of rotatable bonds is 13. The molecular formula is C31H38ClN3O4S. The quantitative estimate of drug-likeness (QED) is 0.255. The summed E-state index contributed by atoms with van der Waals surface area (Å²) in [7, 11) is -4.14. The highest BCUT2D eigenvalue weighted by Gasteiger charge is 2.33. The van der Waals surface area contributed by atoms with Crippen LogP contribution in [0.5, 0.6) is 0 Å². The summed E-state index contributed by atoms with van der Waals surface area (Å²) in [5.74, 6) is -0.726. The van der Waals surface area contributed by atoms with Gasteiger partial charge in [0.15, 0.2) is 0 Å². The van der Waals surface area contributed by atoms with Gasteiger partial charge in [0.2, 0.25) is 11.8 Å². The summed E-state index contributed by atoms with van der Waals surface area (Å²) >= 11 is 6.01. The molecule has 0 aliphatic rings. The zero-order chi connectivity index (χ0) is 29.3. The predicted octanol–water partition coefficient (Wildman–Crippen LogP) is 5.88. The van der Waals surface area contributed by atoms with Gasteiger partial charge in [-0.25, -0.2) is 8.42 Å². The van der Waals surface area contributed by atoms with E-state index in [0.717, 1.165) is 33.8 Å². The Labute approximate surface area is 243 Å². The smallest absolute Gasteiger partial charge is 0.264 e. The lowest BCUT2D eigenvalue weighted by Gasteiger charge is -2.33. The molecule has 0 saturated carbocycles. The Balaban J connectivity index is 2.03. The van der Waals surface area contributed by atoms with Crippen LogP contribution in [0.4, 0.5) is 5.69 Å². The molecule has 9 heteroatoms. The first-order valence-corrected chi connectivity index (χ1v) is 15.4. The van der Waals surface area contributed by atoms with E-state index in [4.69, 9.17) is 11.6 Å². The van der Waals surface area contributed by atoms with E-state index < -0.39 is 28.5 Å². The highest BCUT2D eigenvalue weighted by atomic mass is 35.5. The average Bonchev–Trinajstić information content (AvgIpc) is 2.93. The summed E-state index contributed by atoms with van der Waals surface area (Å²) in [6.45, 7) is 7.93. The number of carbonyl (C=O) groups excluding carboxylic acids is 2. The van der Waals surface area contributed by atoms with Crippen molar-refractivity contribution in [2.45, 2.75) is 64.4 Å². The van der Waals surface area contributed by atoms with Crippen LogP contribution in [0.15, 0.2) is 77.7 Å². The number of amides is 2. The van der Waals surface area contributed by atoms with Crippen molar-refractivity contribution in [1.29, 1.82) is 0 Å². The lowest BCUT2D eigenvalue weighted by atomic mass is 10.1. The maximum Gasteiger partial charge on any atom is 0.264 e. The lowest BCUT2D eigenvalue weighted by Crippen LogP contribution is -2.52. The van der Waals surface area contributed by atoms with Gasteiger partial charge in [0.25, 0.3) is 10.0 Å². The summed E-state index contributed by atoms with van der Waals surface area (Å²) in [6, 6.07) is 19.8. The van der Waals surface area contributed by atoms with Crippen molar-refractivity contribution in [2.75, 3.05) is 17.4 Å². The molecule has 0 aliphatic heterocycles. The van der Waals surface area contributed by atoms with E-state index in [1.54, 1.807) is 18.2 Å². The number of halogens is 1. The van der Waals surface area contributed by atoms with E-state index in [2.05, 4.69) is 5.32 Å². The molecule has 1 atom stereocenters. The number of anilines is 1. The van der Waals surface area contributed by atoms with Gasteiger partial charge in [0, 0.05) is 18.1 Å². The van der Waals surface area contributed by atoms with Crippen LogP contribution in [0.1, 0.15) is 49.8 Å². The Morgan fingerprint density at radius 3 is 2.20 bits per heavy atom. The molecule has 0 saturated heterocycles. The van der Waals surface area contributed by atoms with Crippen molar-refractivity contribution in [3.63, 3.8) is 0 Å². The maximum atomic E-state index is 14.1. The Kier molecular flexibility index (Phi) is 11.2. The SMILES string of the molecule is CCCCNC(=O)[C@@H](CC)N(Cc1ccc(C)cc1)C(=O)CN(c1cccc(C)c1)S(=O)(=O)c1ccc(Cl)cc1. The number of hydrogen-bond donors (Lipinski definition) is 1. The van der Waals surface area contributed by atoms with Gasteiger partial charge in [-0.3, -0.25) is 13.9 Å². The van der Waals surface area contributed by atoms with Crippen LogP contribution in [0, 0.1) is 13.8 Å². The van der Waals surface area contributed by atoms with Gasteiger partial charge in [-0.05, 0) is 74.2 Å². The van der Waals surface area contributed by atoms with Crippen LogP contribution in [-0.2, 0) is 26.2 Å². The van der Waals surface area contributed by atoms with Crippen LogP contribution in [-0.4, -0.2) is 44.3 Å². The fraction of sp³-hybridized carbons (Fsp3) is 0.355. The Morgan fingerprint density at radius 1 is 0.925 bits per heavy atom. The fourth-order valence-electron chi connectivity index (χ4n) is 4.36. The van der Waals surface area contributed by atoms with Crippen molar-refractivity contribution in [3.8, 4) is 0 Å². The van der Waals surface area contributed by atoms with E-state index >= 15 is 0 Å². The van der Waals surface area contributed by atoms with Gasteiger partial charge in [-0.2, -0.15) is 0 Å². The molecule has 214 valence electrons. The third-order valence-electron chi connectivity index (χ3n) is 6.66. The number of hydrogen-bond acceptors (Lipinski definition) is 4. The minimum Gasteiger partial charge on any atom is -0.354 e. The molecule has 0 heterocycles. The molecule has 1 N–H and O–H groups in total. The molecule has 0 spiro atoms. The monoisotopic (exact) mass is 583 g/mol. The normalized spacial score (nSPS) is 12.0. The third kappa shape index (κ3) is 8.08. The van der Waals surface area contributed by atoms with Crippen LogP contribution >= 0.6 is 11.6 Å². The van der Waals surface area contributed by atoms with Gasteiger partial charge in [-0.1, -0.05) is 73.8 Å². The number of sulfonamides is 1. The number of benzene rings is 3. The van der Waals surface area contributed by atoms with Crippen molar-refractivity contribution in [2.24, 2.45) is 0 Å². The summed E-state index contributed by atoms with van der Waals surface area (Å²) in [6.07, 6.45) is 2.13. The highest BCUT2D eigenvalue weighted by Crippen LogP contribution is 2.26. The molecule has 40 heavy (non-hydrogen) atoms. The van der Waals surface area contributed by atoms with Gasteiger partial charge in [-0.15, -0.1) is 0 Å². The Morgan fingerprint density at radius 2 is 1.60 bits per heavy atom. The molecule has 0 radical (unpaired) electrons. The minimum atomic E-state index is -4.14. The topological polar surface area (TPSA) is 86.8 Å². The molecule has 0 aromatic heterocycles. The van der Waals surface area contributed by atoms with Crippen LogP contribution in [0.2, 0.25) is 5.02 Å². The number of aryl methyl sites for hydroxylation is 2. The number of carbonyl (C=O) groups is 2. The first-order chi connectivity index (χ1) is 19.1. The first-order valence-electron chi connectivity index (χ1n) is 13.5. The van der Waals surface area contributed by atoms with Gasteiger partial charge < -0.3 is 10.2 Å². The standard InChI is InChI=1S/C31H38ClN3O4S/c1-5-7-19-33-31(37)29(6-2)34(21-25-13-11-23(3)12-14-25)30(36)22-35(27-10-8-9-24(4)20-27)40(38,39)28-17-15-26(32)16-18-28/h8-18,20,29H,5-7,19,21-22H2,1-4H3,(H,33,37)/t29-/m1/s1. The molecule has 7 nitrogen and oxygen atoms in total. The largest absolute Gasteiger partial charge is 0.354 e. The molecule has 3 rings (SSSR count). The van der Waals surface area contributed by atoms with E-state index in [1.807, 2.05) is 58.0 Å². The summed E-state index contributed by atoms with van der Waals surface area (Å²) in [4.78, 5) is 28.8. The van der Waals surface area contributed by atoms with Gasteiger partial charge >= 0.3 is 0 Å². The summed E-state index contributed by atoms with van der Waals surface area (Å²) in [5.41, 5.74) is 3.13. The van der Waals surface area contributed by atoms with Crippen LogP contribution in [0.25, 0.3) is 0 Å². The zero-order valence-electron chi connectivity index (χ0n) is 23.6. The molecular weight excluding hydrogens is 546 g/mol. The second-order valence-corrected chi connectivity index (χ2v) is 12.2. The molecule has 0 fully saturated rings. The zero-order valence-corrected chi connectivity index (χ0v) is 25.1. The summed E-state index contributed by atoms with van der Waals surface area (Å²) in [5, 5.41) is 3.35. The second-order valence-electron chi connectivity index (χ2n) is 9.88. The average molecular weight is 584 g/mol. The summed E-state index contributed by atoms with van der Waals surface area (Å²) < 4.78 is 28.9. The molecule has 3 aromatic rings. The van der Waals surface area contributed by atoms with Crippen molar-refractivity contribution >= 4 is 39.1 Å². The van der Waals surface area contributed by atoms with E-state index in [9.17, 15) is 18.0 Å². The van der Waals surface area contributed by atoms with Gasteiger partial charge in [0.1, 0.15) is 12.6 Å². The second kappa shape index (κ2) is 14.3. The fourth-order valence-corrected chi connectivity index (χ4v) is 5.89. The number of nitrogens with one attached hydrogen (secondary N) is 1. The number of nitrogens with zero attached hydrogens (tertiary/aromatic N) is 2. The Hall–Kier alpha value is -3.36. The molecule has 0 bridgehead atoms. The van der Waals surface area contributed by atoms with E-state index in [1.165, 1.54) is 29.2 Å². The third-order valence-corrected chi connectivity index (χ3v) is 8.70. The van der Waals surface area contributed by atoms with E-state index in [0.29, 0.717) is 23.7 Å². The molecule has 0 aliphatic carbocycles. The van der Waals surface area contributed by atoms with Crippen LogP contribution in [0.3, 0.4) is 0 Å². The molecule has 2 amide bonds. The van der Waals surface area contributed by atoms with E-state index in [-0.39, 0.29) is 17.3 Å². The lowest BCUT2D eigenvalue weighted by molar-refractivity contribution is -0.140. The van der Waals surface area contributed by atoms with Crippen molar-refractivity contribution in [1.82, 2.24) is 10.2 Å². The van der Waals surface area contributed by atoms with Crippen LogP contribution < -0.4 is 9.62 Å². The number of unbranched alkanes of at least 4 members (excludes halogenated alkanes) is 1.